The van der Waals surface area contributed by atoms with Crippen LogP contribution in [0.4, 0.5) is 5.69 Å². The molecule has 1 aromatic carbocycles. The Hall–Kier alpha value is -2.23. The Bertz CT molecular complexity index is 613. The van der Waals surface area contributed by atoms with E-state index < -0.39 is 0 Å². The minimum absolute atomic E-state index is 0.00637. The standard InChI is InChI=1S/C17H23N3O/c1-4-13-6-8-14(9-7-13)11-19(3)17(21)16-10-15(18)12-20(16)5-2/h6-10,12H,4-5,11,18H2,1-3H3. The van der Waals surface area contributed by atoms with Gasteiger partial charge in [0.15, 0.2) is 0 Å². The lowest BCUT2D eigenvalue weighted by atomic mass is 10.1. The van der Waals surface area contributed by atoms with E-state index in [2.05, 4.69) is 31.2 Å². The second-order valence-corrected chi connectivity index (χ2v) is 5.28. The maximum absolute atomic E-state index is 12.5. The van der Waals surface area contributed by atoms with Gasteiger partial charge in [0.05, 0.1) is 5.69 Å². The Morgan fingerprint density at radius 1 is 1.19 bits per heavy atom. The quantitative estimate of drug-likeness (QED) is 0.918. The van der Waals surface area contributed by atoms with Crippen LogP contribution in [0.2, 0.25) is 0 Å². The first-order valence-electron chi connectivity index (χ1n) is 7.34. The highest BCUT2D eigenvalue weighted by molar-refractivity contribution is 5.93. The lowest BCUT2D eigenvalue weighted by Gasteiger charge is -2.18. The maximum Gasteiger partial charge on any atom is 0.270 e. The topological polar surface area (TPSA) is 51.3 Å². The van der Waals surface area contributed by atoms with Crippen LogP contribution in [0, 0.1) is 0 Å². The first-order valence-corrected chi connectivity index (χ1v) is 7.34. The highest BCUT2D eigenvalue weighted by atomic mass is 16.2. The van der Waals surface area contributed by atoms with Crippen molar-refractivity contribution in [2.75, 3.05) is 12.8 Å². The Balaban J connectivity index is 2.11. The molecule has 0 aliphatic carbocycles. The zero-order valence-corrected chi connectivity index (χ0v) is 13.0. The van der Waals surface area contributed by atoms with E-state index in [-0.39, 0.29) is 5.91 Å². The zero-order valence-electron chi connectivity index (χ0n) is 13.0. The fraction of sp³-hybridized carbons (Fsp3) is 0.353. The molecule has 2 aromatic rings. The van der Waals surface area contributed by atoms with Gasteiger partial charge in [-0.2, -0.15) is 0 Å². The number of hydrogen-bond acceptors (Lipinski definition) is 2. The summed E-state index contributed by atoms with van der Waals surface area (Å²) < 4.78 is 1.88. The van der Waals surface area contributed by atoms with Crippen LogP contribution in [0.5, 0.6) is 0 Å². The molecule has 112 valence electrons. The number of benzene rings is 1. The van der Waals surface area contributed by atoms with Gasteiger partial charge in [0.2, 0.25) is 0 Å². The van der Waals surface area contributed by atoms with E-state index in [9.17, 15) is 4.79 Å². The third-order valence-electron chi connectivity index (χ3n) is 3.68. The highest BCUT2D eigenvalue weighted by Crippen LogP contribution is 2.14. The number of amides is 1. The Morgan fingerprint density at radius 3 is 2.38 bits per heavy atom. The molecule has 1 aromatic heterocycles. The molecular formula is C17H23N3O. The van der Waals surface area contributed by atoms with Gasteiger partial charge in [-0.3, -0.25) is 4.79 Å². The number of nitrogen functional groups attached to an aromatic ring is 1. The molecule has 4 heteroatoms. The normalized spacial score (nSPS) is 10.6. The molecule has 0 bridgehead atoms. The van der Waals surface area contributed by atoms with Gasteiger partial charge in [0.25, 0.3) is 5.91 Å². The average Bonchev–Trinajstić information content (AvgIpc) is 2.88. The second-order valence-electron chi connectivity index (χ2n) is 5.28. The minimum atomic E-state index is -0.00637. The van der Waals surface area contributed by atoms with E-state index in [1.54, 1.807) is 17.2 Å². The van der Waals surface area contributed by atoms with Crippen LogP contribution in [0.3, 0.4) is 0 Å². The molecule has 0 fully saturated rings. The summed E-state index contributed by atoms with van der Waals surface area (Å²) in [5.41, 5.74) is 9.49. The number of rotatable bonds is 5. The van der Waals surface area contributed by atoms with Crippen molar-refractivity contribution in [1.29, 1.82) is 0 Å². The van der Waals surface area contributed by atoms with Crippen LogP contribution in [0.1, 0.15) is 35.5 Å². The van der Waals surface area contributed by atoms with E-state index in [0.717, 1.165) is 18.5 Å². The van der Waals surface area contributed by atoms with Gasteiger partial charge in [0, 0.05) is 26.3 Å². The average molecular weight is 285 g/mol. The lowest BCUT2D eigenvalue weighted by molar-refractivity contribution is 0.0774. The first-order chi connectivity index (χ1) is 10.0. The summed E-state index contributed by atoms with van der Waals surface area (Å²) in [5.74, 6) is -0.00637. The van der Waals surface area contributed by atoms with Crippen molar-refractivity contribution >= 4 is 11.6 Å². The minimum Gasteiger partial charge on any atom is -0.397 e. The number of anilines is 1. The van der Waals surface area contributed by atoms with E-state index in [0.29, 0.717) is 17.9 Å². The largest absolute Gasteiger partial charge is 0.397 e. The van der Waals surface area contributed by atoms with Gasteiger partial charge in [-0.25, -0.2) is 0 Å². The SMILES string of the molecule is CCc1ccc(CN(C)C(=O)c2cc(N)cn2CC)cc1. The molecule has 0 atom stereocenters. The smallest absolute Gasteiger partial charge is 0.270 e. The molecule has 1 heterocycles. The maximum atomic E-state index is 12.5. The zero-order chi connectivity index (χ0) is 15.4. The predicted molar refractivity (Wildman–Crippen MR) is 86.1 cm³/mol. The third kappa shape index (κ3) is 3.45. The molecule has 4 nitrogen and oxygen atoms in total. The van der Waals surface area contributed by atoms with Gasteiger partial charge < -0.3 is 15.2 Å². The number of carbonyl (C=O) groups is 1. The molecule has 21 heavy (non-hydrogen) atoms. The molecule has 0 aliphatic heterocycles. The molecule has 0 saturated carbocycles. The summed E-state index contributed by atoms with van der Waals surface area (Å²) in [6.45, 7) is 5.46. The Morgan fingerprint density at radius 2 is 1.81 bits per heavy atom. The fourth-order valence-corrected chi connectivity index (χ4v) is 2.40. The van der Waals surface area contributed by atoms with E-state index >= 15 is 0 Å². The van der Waals surface area contributed by atoms with Crippen molar-refractivity contribution in [1.82, 2.24) is 9.47 Å². The van der Waals surface area contributed by atoms with Crippen molar-refractivity contribution in [3.8, 4) is 0 Å². The monoisotopic (exact) mass is 285 g/mol. The van der Waals surface area contributed by atoms with Crippen LogP contribution in [-0.2, 0) is 19.5 Å². The van der Waals surface area contributed by atoms with Crippen LogP contribution in [0.25, 0.3) is 0 Å². The van der Waals surface area contributed by atoms with Crippen LogP contribution < -0.4 is 5.73 Å². The van der Waals surface area contributed by atoms with Gasteiger partial charge in [-0.15, -0.1) is 0 Å². The van der Waals surface area contributed by atoms with Crippen molar-refractivity contribution in [2.24, 2.45) is 0 Å². The number of nitrogens with two attached hydrogens (primary N) is 1. The Kier molecular flexibility index (Phi) is 4.68. The molecule has 0 spiro atoms. The van der Waals surface area contributed by atoms with Gasteiger partial charge in [-0.05, 0) is 30.5 Å². The summed E-state index contributed by atoms with van der Waals surface area (Å²) in [5, 5.41) is 0. The van der Waals surface area contributed by atoms with E-state index in [1.165, 1.54) is 5.56 Å². The van der Waals surface area contributed by atoms with Crippen LogP contribution in [-0.4, -0.2) is 22.4 Å². The fourth-order valence-electron chi connectivity index (χ4n) is 2.40. The van der Waals surface area contributed by atoms with Crippen LogP contribution >= 0.6 is 0 Å². The summed E-state index contributed by atoms with van der Waals surface area (Å²) in [4.78, 5) is 14.2. The van der Waals surface area contributed by atoms with Crippen molar-refractivity contribution in [3.05, 3.63) is 53.3 Å². The highest BCUT2D eigenvalue weighted by Gasteiger charge is 2.16. The number of aromatic nitrogens is 1. The van der Waals surface area contributed by atoms with Gasteiger partial charge in [0.1, 0.15) is 5.69 Å². The van der Waals surface area contributed by atoms with Crippen molar-refractivity contribution in [3.63, 3.8) is 0 Å². The summed E-state index contributed by atoms with van der Waals surface area (Å²) in [6, 6.07) is 10.1. The first kappa shape index (κ1) is 15.2. The summed E-state index contributed by atoms with van der Waals surface area (Å²) in [6.07, 6.45) is 2.83. The number of hydrogen-bond donors (Lipinski definition) is 1. The number of aryl methyl sites for hydroxylation is 2. The van der Waals surface area contributed by atoms with Crippen molar-refractivity contribution < 1.29 is 4.79 Å². The number of carbonyl (C=O) groups excluding carboxylic acids is 1. The lowest BCUT2D eigenvalue weighted by Crippen LogP contribution is -2.28. The third-order valence-corrected chi connectivity index (χ3v) is 3.68. The summed E-state index contributed by atoms with van der Waals surface area (Å²) >= 11 is 0. The van der Waals surface area contributed by atoms with Gasteiger partial charge in [-0.1, -0.05) is 31.2 Å². The van der Waals surface area contributed by atoms with Gasteiger partial charge >= 0.3 is 0 Å². The molecule has 0 radical (unpaired) electrons. The molecule has 1 amide bonds. The molecule has 2 N–H and O–H groups in total. The molecule has 2 rings (SSSR count). The summed E-state index contributed by atoms with van der Waals surface area (Å²) in [7, 11) is 1.82. The van der Waals surface area contributed by atoms with E-state index in [4.69, 9.17) is 5.73 Å². The molecular weight excluding hydrogens is 262 g/mol. The predicted octanol–water partition coefficient (Wildman–Crippen LogP) is 2.92. The van der Waals surface area contributed by atoms with Crippen molar-refractivity contribution in [2.45, 2.75) is 33.4 Å². The Labute approximate surface area is 126 Å². The van der Waals surface area contributed by atoms with Crippen LogP contribution in [0.15, 0.2) is 36.5 Å². The second kappa shape index (κ2) is 6.48. The molecule has 0 saturated heterocycles. The molecule has 0 aliphatic rings. The van der Waals surface area contributed by atoms with E-state index in [1.807, 2.05) is 18.5 Å². The number of nitrogens with zero attached hydrogens (tertiary/aromatic N) is 2. The molecule has 0 unspecified atom stereocenters.